The molecule has 0 fully saturated rings. The van der Waals surface area contributed by atoms with E-state index in [0.717, 1.165) is 0 Å². The van der Waals surface area contributed by atoms with E-state index >= 15 is 0 Å². The van der Waals surface area contributed by atoms with Crippen molar-refractivity contribution in [2.24, 2.45) is 9.42 Å². The largest absolute Gasteiger partial charge is 0.265 e. The lowest BCUT2D eigenvalue weighted by atomic mass is 10.3. The minimum Gasteiger partial charge on any atom is -0.265 e. The molecule has 0 saturated heterocycles. The van der Waals surface area contributed by atoms with Gasteiger partial charge >= 0.3 is 0 Å². The van der Waals surface area contributed by atoms with Crippen LogP contribution in [0, 0.1) is 0 Å². The van der Waals surface area contributed by atoms with Crippen molar-refractivity contribution in [3.63, 3.8) is 0 Å². The van der Waals surface area contributed by atoms with Crippen LogP contribution in [0.5, 0.6) is 0 Å². The minimum absolute atomic E-state index is 0.314. The summed E-state index contributed by atoms with van der Waals surface area (Å²) in [5.41, 5.74) is 1.63. The predicted molar refractivity (Wildman–Crippen MR) is 139 cm³/mol. The Balaban J connectivity index is 6.81. The Morgan fingerprint density at radius 2 is 0.897 bits per heavy atom. The molecule has 0 rings (SSSR count). The summed E-state index contributed by atoms with van der Waals surface area (Å²) in [7, 11) is -1.95. The third-order valence-corrected chi connectivity index (χ3v) is 16.7. The molecule has 0 N–H and O–H groups in total. The predicted octanol–water partition coefficient (Wildman–Crippen LogP) is 7.80. The first kappa shape index (κ1) is 29.2. The average molecular weight is 461 g/mol. The van der Waals surface area contributed by atoms with Crippen LogP contribution in [-0.4, -0.2) is 47.8 Å². The molecule has 0 aromatic heterocycles. The molecule has 0 aliphatic heterocycles. The molecule has 0 aliphatic rings. The number of rotatable bonds is 11. The Morgan fingerprint density at radius 3 is 1.10 bits per heavy atom. The highest BCUT2D eigenvalue weighted by atomic mass is 32.4. The number of nitrogens with zero attached hydrogens (tertiary/aromatic N) is 4. The van der Waals surface area contributed by atoms with Crippen LogP contribution in [0.1, 0.15) is 96.9 Å². The van der Waals surface area contributed by atoms with Gasteiger partial charge in [-0.1, -0.05) is 41.5 Å². The molecule has 0 heterocycles. The van der Waals surface area contributed by atoms with E-state index in [1.54, 1.807) is 0 Å². The van der Waals surface area contributed by atoms with Gasteiger partial charge in [0.05, 0.1) is 6.01 Å². The van der Waals surface area contributed by atoms with Gasteiger partial charge in [0.25, 0.3) is 0 Å². The molecule has 0 bridgehead atoms. The summed E-state index contributed by atoms with van der Waals surface area (Å²) in [6.07, 6.45) is 0. The highest BCUT2D eigenvalue weighted by molar-refractivity contribution is 8.11. The molecule has 7 heteroatoms. The summed E-state index contributed by atoms with van der Waals surface area (Å²) in [5.74, 6) is 0. The molecule has 0 amide bonds. The average Bonchev–Trinajstić information content (AvgIpc) is 2.48. The summed E-state index contributed by atoms with van der Waals surface area (Å²) in [4.78, 5) is 0. The first-order valence-corrected chi connectivity index (χ1v) is 16.3. The fourth-order valence-corrected chi connectivity index (χ4v) is 15.6. The second kappa shape index (κ2) is 11.7. The lowest BCUT2D eigenvalue weighted by molar-refractivity contribution is 0.255. The fourth-order valence-electron chi connectivity index (χ4n) is 5.17. The van der Waals surface area contributed by atoms with Crippen molar-refractivity contribution in [3.8, 4) is 0 Å². The molecule has 4 nitrogen and oxygen atoms in total. The molecule has 0 aromatic rings. The van der Waals surface area contributed by atoms with E-state index in [-0.39, 0.29) is 0 Å². The molecule has 29 heavy (non-hydrogen) atoms. The zero-order valence-electron chi connectivity index (χ0n) is 21.7. The Labute approximate surface area is 188 Å². The van der Waals surface area contributed by atoms with Crippen LogP contribution in [0.2, 0.25) is 16.6 Å². The summed E-state index contributed by atoms with van der Waals surface area (Å²) in [6, 6.07) is 4.52. The van der Waals surface area contributed by atoms with Gasteiger partial charge in [-0.3, -0.25) is 4.66 Å². The standard InChI is InChI=1S/C22H49N4PSSi/c1-16(2)25(17(3)4)27(28,26(18(5)6)19(7)8)23-15-24-29(20(9)10,21(11)12)22(13)14/h16-22H,1-14H3. The Morgan fingerprint density at radius 1 is 0.621 bits per heavy atom. The molecule has 0 atom stereocenters. The van der Waals surface area contributed by atoms with Crippen LogP contribution in [0.3, 0.4) is 0 Å². The first-order valence-electron chi connectivity index (χ1n) is 11.4. The van der Waals surface area contributed by atoms with Gasteiger partial charge in [0.1, 0.15) is 0 Å². The molecule has 0 radical (unpaired) electrons. The maximum absolute atomic E-state index is 6.42. The van der Waals surface area contributed by atoms with Crippen LogP contribution < -0.4 is 0 Å². The van der Waals surface area contributed by atoms with E-state index in [0.29, 0.717) is 40.8 Å². The minimum atomic E-state index is -2.40. The second-order valence-corrected chi connectivity index (χ2v) is 19.4. The quantitative estimate of drug-likeness (QED) is 0.179. The van der Waals surface area contributed by atoms with Crippen LogP contribution >= 0.6 is 6.49 Å². The third kappa shape index (κ3) is 6.57. The normalized spacial score (nSPS) is 13.9. The highest BCUT2D eigenvalue weighted by Crippen LogP contribution is 2.59. The summed E-state index contributed by atoms with van der Waals surface area (Å²) >= 11 is 6.42. The van der Waals surface area contributed by atoms with Crippen molar-refractivity contribution >= 4 is 32.5 Å². The zero-order chi connectivity index (χ0) is 23.3. The van der Waals surface area contributed by atoms with Crippen molar-refractivity contribution in [2.75, 3.05) is 0 Å². The molecule has 0 aromatic carbocycles. The van der Waals surface area contributed by atoms with E-state index < -0.39 is 14.7 Å². The molecule has 0 aliphatic carbocycles. The van der Waals surface area contributed by atoms with Crippen LogP contribution in [0.4, 0.5) is 0 Å². The van der Waals surface area contributed by atoms with E-state index in [4.69, 9.17) is 21.2 Å². The highest BCUT2D eigenvalue weighted by Gasteiger charge is 2.44. The van der Waals surface area contributed by atoms with Crippen molar-refractivity contribution in [1.82, 2.24) is 9.34 Å². The van der Waals surface area contributed by atoms with Gasteiger partial charge in [0, 0.05) is 24.2 Å². The number of hydrogen-bond acceptors (Lipinski definition) is 2. The summed E-state index contributed by atoms with van der Waals surface area (Å²) in [6.45, 7) is 29.3. The van der Waals surface area contributed by atoms with Gasteiger partial charge in [0.2, 0.25) is 8.24 Å². The SMILES string of the molecule is CC(C)N(C(C)C)P(=S)(N=C=N[Si](C(C)C)(C(C)C)C(C)C)N(C(C)C)C(C)C. The number of hydrogen-bond donors (Lipinski definition) is 0. The Bertz CT molecular complexity index is 546. The Hall–Kier alpha value is 0.167. The maximum Gasteiger partial charge on any atom is 0.203 e. The van der Waals surface area contributed by atoms with Gasteiger partial charge in [-0.15, -0.1) is 0 Å². The second-order valence-electron chi connectivity index (χ2n) is 10.3. The van der Waals surface area contributed by atoms with Gasteiger partial charge in [-0.2, -0.15) is 4.76 Å². The molecule has 0 spiro atoms. The topological polar surface area (TPSA) is 31.2 Å². The third-order valence-electron chi connectivity index (χ3n) is 5.91. The first-order chi connectivity index (χ1) is 13.1. The monoisotopic (exact) mass is 460 g/mol. The smallest absolute Gasteiger partial charge is 0.203 e. The van der Waals surface area contributed by atoms with Gasteiger partial charge in [0.15, 0.2) is 6.49 Å². The van der Waals surface area contributed by atoms with Gasteiger partial charge < -0.3 is 0 Å². The van der Waals surface area contributed by atoms with Crippen molar-refractivity contribution in [2.45, 2.75) is 138 Å². The Kier molecular flexibility index (Phi) is 11.8. The van der Waals surface area contributed by atoms with Crippen molar-refractivity contribution in [1.29, 1.82) is 0 Å². The fraction of sp³-hybridized carbons (Fsp3) is 0.955. The van der Waals surface area contributed by atoms with Crippen molar-refractivity contribution < 1.29 is 0 Å². The van der Waals surface area contributed by atoms with Crippen molar-refractivity contribution in [3.05, 3.63) is 0 Å². The lowest BCUT2D eigenvalue weighted by Crippen LogP contribution is -2.44. The summed E-state index contributed by atoms with van der Waals surface area (Å²) < 4.78 is 15.1. The lowest BCUT2D eigenvalue weighted by Gasteiger charge is -2.46. The van der Waals surface area contributed by atoms with Crippen LogP contribution in [0.15, 0.2) is 9.42 Å². The van der Waals surface area contributed by atoms with E-state index in [2.05, 4.69) is 112 Å². The summed E-state index contributed by atoms with van der Waals surface area (Å²) in [5, 5.41) is 0. The molecule has 0 saturated carbocycles. The van der Waals surface area contributed by atoms with Gasteiger partial charge in [-0.25, -0.2) is 9.34 Å². The molecular weight excluding hydrogens is 411 g/mol. The van der Waals surface area contributed by atoms with E-state index in [1.165, 1.54) is 0 Å². The van der Waals surface area contributed by atoms with E-state index in [9.17, 15) is 0 Å². The van der Waals surface area contributed by atoms with Crippen LogP contribution in [-0.2, 0) is 11.8 Å². The molecule has 0 unspecified atom stereocenters. The maximum atomic E-state index is 6.42. The van der Waals surface area contributed by atoms with Gasteiger partial charge in [-0.05, 0) is 83.8 Å². The molecular formula is C22H49N4PSSi. The van der Waals surface area contributed by atoms with E-state index in [1.807, 2.05) is 0 Å². The van der Waals surface area contributed by atoms with Crippen LogP contribution in [0.25, 0.3) is 0 Å². The zero-order valence-corrected chi connectivity index (χ0v) is 24.4. The molecule has 172 valence electrons.